The van der Waals surface area contributed by atoms with Crippen molar-refractivity contribution in [1.29, 1.82) is 0 Å². The van der Waals surface area contributed by atoms with E-state index in [-0.39, 0.29) is 0 Å². The summed E-state index contributed by atoms with van der Waals surface area (Å²) in [6.45, 7) is 13.4. The summed E-state index contributed by atoms with van der Waals surface area (Å²) in [7, 11) is 2.04. The Labute approximate surface area is 112 Å². The van der Waals surface area contributed by atoms with E-state index in [1.54, 1.807) is 0 Å². The first-order valence-electron chi connectivity index (χ1n) is 7.17. The molecule has 1 aromatic heterocycles. The van der Waals surface area contributed by atoms with Gasteiger partial charge in [0.1, 0.15) is 0 Å². The minimum atomic E-state index is 0.458. The zero-order chi connectivity index (χ0) is 13.5. The molecule has 18 heavy (non-hydrogen) atoms. The van der Waals surface area contributed by atoms with E-state index in [0.29, 0.717) is 12.0 Å². The molecule has 1 rings (SSSR count). The summed E-state index contributed by atoms with van der Waals surface area (Å²) in [6.07, 6.45) is 4.48. The SMILES string of the molecule is CCN(CC)CCn1ccc(C(NC)C(C)C)c1. The molecule has 0 bridgehead atoms. The molecule has 0 aliphatic heterocycles. The molecule has 104 valence electrons. The molecule has 0 amide bonds. The van der Waals surface area contributed by atoms with Crippen molar-refractivity contribution in [1.82, 2.24) is 14.8 Å². The summed E-state index contributed by atoms with van der Waals surface area (Å²) in [4.78, 5) is 2.46. The molecule has 1 N–H and O–H groups in total. The van der Waals surface area contributed by atoms with Crippen LogP contribution in [-0.4, -0.2) is 36.1 Å². The quantitative estimate of drug-likeness (QED) is 0.766. The Kier molecular flexibility index (Phi) is 6.44. The molecule has 0 saturated heterocycles. The largest absolute Gasteiger partial charge is 0.353 e. The maximum absolute atomic E-state index is 3.39. The fourth-order valence-corrected chi connectivity index (χ4v) is 2.46. The van der Waals surface area contributed by atoms with Crippen molar-refractivity contribution in [3.05, 3.63) is 24.0 Å². The smallest absolute Gasteiger partial charge is 0.0355 e. The maximum atomic E-state index is 3.39. The van der Waals surface area contributed by atoms with Crippen LogP contribution in [0.1, 0.15) is 39.3 Å². The Balaban J connectivity index is 2.57. The van der Waals surface area contributed by atoms with Gasteiger partial charge in [-0.3, -0.25) is 0 Å². The molecule has 1 atom stereocenters. The summed E-state index contributed by atoms with van der Waals surface area (Å²) in [5.74, 6) is 0.619. The number of hydrogen-bond acceptors (Lipinski definition) is 2. The van der Waals surface area contributed by atoms with E-state index >= 15 is 0 Å². The molecule has 0 aromatic carbocycles. The second-order valence-electron chi connectivity index (χ2n) is 5.22. The third-order valence-corrected chi connectivity index (χ3v) is 3.68. The van der Waals surface area contributed by atoms with Gasteiger partial charge in [-0.15, -0.1) is 0 Å². The van der Waals surface area contributed by atoms with Crippen LogP contribution in [0.5, 0.6) is 0 Å². The standard InChI is InChI=1S/C15H29N3/c1-6-17(7-2)10-11-18-9-8-14(12-18)15(16-5)13(3)4/h8-9,12-13,15-16H,6-7,10-11H2,1-5H3. The molecule has 3 heteroatoms. The third kappa shape index (κ3) is 4.14. The average Bonchev–Trinajstić information content (AvgIpc) is 2.79. The first kappa shape index (κ1) is 15.3. The van der Waals surface area contributed by atoms with Gasteiger partial charge in [0.2, 0.25) is 0 Å². The molecular weight excluding hydrogens is 222 g/mol. The van der Waals surface area contributed by atoms with Gasteiger partial charge < -0.3 is 14.8 Å². The van der Waals surface area contributed by atoms with Gasteiger partial charge in [0.15, 0.2) is 0 Å². The minimum Gasteiger partial charge on any atom is -0.353 e. The highest BCUT2D eigenvalue weighted by Crippen LogP contribution is 2.21. The highest BCUT2D eigenvalue weighted by Gasteiger charge is 2.14. The lowest BCUT2D eigenvalue weighted by atomic mass is 9.99. The van der Waals surface area contributed by atoms with E-state index in [9.17, 15) is 0 Å². The second-order valence-corrected chi connectivity index (χ2v) is 5.22. The number of aromatic nitrogens is 1. The molecule has 0 spiro atoms. The molecular formula is C15H29N3. The zero-order valence-corrected chi connectivity index (χ0v) is 12.6. The van der Waals surface area contributed by atoms with E-state index in [4.69, 9.17) is 0 Å². The van der Waals surface area contributed by atoms with Crippen LogP contribution in [0.2, 0.25) is 0 Å². The number of nitrogens with zero attached hydrogens (tertiary/aromatic N) is 2. The van der Waals surface area contributed by atoms with Gasteiger partial charge in [-0.1, -0.05) is 27.7 Å². The van der Waals surface area contributed by atoms with Crippen LogP contribution < -0.4 is 5.32 Å². The number of nitrogens with one attached hydrogen (secondary N) is 1. The molecule has 0 aliphatic rings. The lowest BCUT2D eigenvalue weighted by Crippen LogP contribution is -2.26. The van der Waals surface area contributed by atoms with E-state index in [1.165, 1.54) is 5.56 Å². The van der Waals surface area contributed by atoms with E-state index in [2.05, 4.69) is 60.9 Å². The Morgan fingerprint density at radius 1 is 1.28 bits per heavy atom. The fraction of sp³-hybridized carbons (Fsp3) is 0.733. The van der Waals surface area contributed by atoms with Gasteiger partial charge in [-0.05, 0) is 37.7 Å². The molecule has 0 saturated carbocycles. The van der Waals surface area contributed by atoms with E-state index in [0.717, 1.165) is 26.2 Å². The minimum absolute atomic E-state index is 0.458. The monoisotopic (exact) mass is 251 g/mol. The first-order valence-corrected chi connectivity index (χ1v) is 7.17. The van der Waals surface area contributed by atoms with Crippen LogP contribution in [0.25, 0.3) is 0 Å². The molecule has 1 heterocycles. The van der Waals surface area contributed by atoms with Crippen LogP contribution in [0, 0.1) is 5.92 Å². The van der Waals surface area contributed by atoms with E-state index < -0.39 is 0 Å². The Bertz CT molecular complexity index is 326. The summed E-state index contributed by atoms with van der Waals surface area (Å²) in [5.41, 5.74) is 1.40. The van der Waals surface area contributed by atoms with Crippen LogP contribution in [0.3, 0.4) is 0 Å². The summed E-state index contributed by atoms with van der Waals surface area (Å²) >= 11 is 0. The highest BCUT2D eigenvalue weighted by molar-refractivity contribution is 5.16. The lowest BCUT2D eigenvalue weighted by molar-refractivity contribution is 0.290. The normalized spacial score (nSPS) is 13.5. The van der Waals surface area contributed by atoms with Crippen molar-refractivity contribution < 1.29 is 0 Å². The number of likely N-dealkylation sites (N-methyl/N-ethyl adjacent to an activating group) is 1. The van der Waals surface area contributed by atoms with Gasteiger partial charge in [-0.25, -0.2) is 0 Å². The van der Waals surface area contributed by atoms with Gasteiger partial charge in [0.25, 0.3) is 0 Å². The van der Waals surface area contributed by atoms with Crippen LogP contribution >= 0.6 is 0 Å². The van der Waals surface area contributed by atoms with Crippen molar-refractivity contribution in [3.8, 4) is 0 Å². The predicted molar refractivity (Wildman–Crippen MR) is 78.9 cm³/mol. The molecule has 0 fully saturated rings. The van der Waals surface area contributed by atoms with Gasteiger partial charge in [0, 0.05) is 31.5 Å². The van der Waals surface area contributed by atoms with Crippen LogP contribution in [-0.2, 0) is 6.54 Å². The first-order chi connectivity index (χ1) is 8.62. The number of rotatable bonds is 8. The third-order valence-electron chi connectivity index (χ3n) is 3.68. The number of hydrogen-bond donors (Lipinski definition) is 1. The molecule has 1 unspecified atom stereocenters. The van der Waals surface area contributed by atoms with Crippen LogP contribution in [0.15, 0.2) is 18.5 Å². The van der Waals surface area contributed by atoms with Gasteiger partial charge in [0.05, 0.1) is 0 Å². The lowest BCUT2D eigenvalue weighted by Gasteiger charge is -2.19. The summed E-state index contributed by atoms with van der Waals surface area (Å²) < 4.78 is 2.31. The molecule has 3 nitrogen and oxygen atoms in total. The van der Waals surface area contributed by atoms with Crippen molar-refractivity contribution in [2.24, 2.45) is 5.92 Å². The van der Waals surface area contributed by atoms with Crippen molar-refractivity contribution in [2.45, 2.75) is 40.3 Å². The van der Waals surface area contributed by atoms with Crippen LogP contribution in [0.4, 0.5) is 0 Å². The van der Waals surface area contributed by atoms with Crippen molar-refractivity contribution in [2.75, 3.05) is 26.7 Å². The van der Waals surface area contributed by atoms with Gasteiger partial charge in [-0.2, -0.15) is 0 Å². The van der Waals surface area contributed by atoms with Crippen molar-refractivity contribution in [3.63, 3.8) is 0 Å². The zero-order valence-electron chi connectivity index (χ0n) is 12.6. The molecule has 1 aromatic rings. The summed E-state index contributed by atoms with van der Waals surface area (Å²) in [6, 6.07) is 2.70. The average molecular weight is 251 g/mol. The Morgan fingerprint density at radius 3 is 2.44 bits per heavy atom. The molecule has 0 radical (unpaired) electrons. The van der Waals surface area contributed by atoms with E-state index in [1.807, 2.05) is 7.05 Å². The maximum Gasteiger partial charge on any atom is 0.0355 e. The fourth-order valence-electron chi connectivity index (χ4n) is 2.46. The topological polar surface area (TPSA) is 20.2 Å². The second kappa shape index (κ2) is 7.59. The predicted octanol–water partition coefficient (Wildman–Crippen LogP) is 2.75. The Hall–Kier alpha value is -0.800. The summed E-state index contributed by atoms with van der Waals surface area (Å²) in [5, 5.41) is 3.39. The van der Waals surface area contributed by atoms with Crippen molar-refractivity contribution >= 4 is 0 Å². The molecule has 0 aliphatic carbocycles. The highest BCUT2D eigenvalue weighted by atomic mass is 15.1. The van der Waals surface area contributed by atoms with Gasteiger partial charge >= 0.3 is 0 Å². The Morgan fingerprint density at radius 2 is 1.94 bits per heavy atom.